The SMILES string of the molecule is CCCCc1ccc(-n2c(-c3ccccc3)cc3cc4c(cc(-c5ccccc5)n4-c4ccc(CCCC)cc4)cc32)cc1. The van der Waals surface area contributed by atoms with E-state index in [0.717, 1.165) is 12.8 Å². The number of aryl methyl sites for hydroxylation is 2. The van der Waals surface area contributed by atoms with Gasteiger partial charge < -0.3 is 9.13 Å². The van der Waals surface area contributed by atoms with Gasteiger partial charge >= 0.3 is 0 Å². The van der Waals surface area contributed by atoms with E-state index in [1.807, 2.05) is 0 Å². The van der Waals surface area contributed by atoms with Crippen LogP contribution < -0.4 is 0 Å². The van der Waals surface area contributed by atoms with Gasteiger partial charge in [0.25, 0.3) is 0 Å². The lowest BCUT2D eigenvalue weighted by Crippen LogP contribution is -1.98. The van der Waals surface area contributed by atoms with Crippen LogP contribution >= 0.6 is 0 Å². The summed E-state index contributed by atoms with van der Waals surface area (Å²) in [6, 6.07) is 49.5. The smallest absolute Gasteiger partial charge is 0.0542 e. The Kier molecular flexibility index (Phi) is 7.90. The highest BCUT2D eigenvalue weighted by Crippen LogP contribution is 2.38. The molecule has 218 valence electrons. The summed E-state index contributed by atoms with van der Waals surface area (Å²) in [6.45, 7) is 4.51. The third-order valence-electron chi connectivity index (χ3n) is 8.89. The maximum absolute atomic E-state index is 2.44. The second kappa shape index (κ2) is 12.4. The monoisotopic (exact) mass is 572 g/mol. The van der Waals surface area contributed by atoms with Gasteiger partial charge in [-0.25, -0.2) is 0 Å². The average molecular weight is 573 g/mol. The molecule has 0 fully saturated rings. The Labute approximate surface area is 261 Å². The standard InChI is InChI=1S/C42H40N2/c1-3-5-13-31-19-23-37(24-20-31)43-39(33-15-9-7-10-16-33)27-35-30-42-36(29-41(35)43)28-40(34-17-11-8-12-18-34)44(42)38-25-21-32(22-26-38)14-6-4-2/h7-12,15-30H,3-6,13-14H2,1-2H3. The second-order valence-corrected chi connectivity index (χ2v) is 12.0. The van der Waals surface area contributed by atoms with Gasteiger partial charge in [-0.15, -0.1) is 0 Å². The molecule has 0 unspecified atom stereocenters. The lowest BCUT2D eigenvalue weighted by molar-refractivity contribution is 0.795. The first-order valence-electron chi connectivity index (χ1n) is 16.2. The van der Waals surface area contributed by atoms with E-state index in [-0.39, 0.29) is 0 Å². The fraction of sp³-hybridized carbons (Fsp3) is 0.190. The van der Waals surface area contributed by atoms with Crippen molar-refractivity contribution >= 4 is 21.8 Å². The maximum atomic E-state index is 2.44. The third kappa shape index (κ3) is 5.37. The molecule has 5 aromatic carbocycles. The minimum Gasteiger partial charge on any atom is -0.309 e. The van der Waals surface area contributed by atoms with E-state index in [0.29, 0.717) is 0 Å². The van der Waals surface area contributed by atoms with Crippen molar-refractivity contribution in [2.45, 2.75) is 52.4 Å². The van der Waals surface area contributed by atoms with Crippen molar-refractivity contribution < 1.29 is 0 Å². The van der Waals surface area contributed by atoms with Crippen LogP contribution in [0, 0.1) is 0 Å². The minimum absolute atomic E-state index is 1.13. The van der Waals surface area contributed by atoms with Crippen LogP contribution in [0.3, 0.4) is 0 Å². The van der Waals surface area contributed by atoms with Gasteiger partial charge in [0.1, 0.15) is 0 Å². The minimum atomic E-state index is 1.13. The Bertz CT molecular complexity index is 1840. The zero-order chi connectivity index (χ0) is 29.9. The van der Waals surface area contributed by atoms with Crippen molar-refractivity contribution in [3.8, 4) is 33.9 Å². The molecule has 0 spiro atoms. The first-order valence-corrected chi connectivity index (χ1v) is 16.2. The van der Waals surface area contributed by atoms with Crippen LogP contribution in [-0.2, 0) is 12.8 Å². The lowest BCUT2D eigenvalue weighted by atomic mass is 10.1. The summed E-state index contributed by atoms with van der Waals surface area (Å²) in [5, 5.41) is 2.48. The number of hydrogen-bond donors (Lipinski definition) is 0. The highest BCUT2D eigenvalue weighted by Gasteiger charge is 2.18. The molecule has 0 aliphatic heterocycles. The van der Waals surface area contributed by atoms with Crippen LogP contribution in [0.1, 0.15) is 50.7 Å². The van der Waals surface area contributed by atoms with Gasteiger partial charge in [-0.3, -0.25) is 0 Å². The molecule has 0 saturated carbocycles. The Morgan fingerprint density at radius 3 is 1.18 bits per heavy atom. The van der Waals surface area contributed by atoms with E-state index in [1.165, 1.54) is 92.5 Å². The third-order valence-corrected chi connectivity index (χ3v) is 8.89. The molecule has 0 atom stereocenters. The number of rotatable bonds is 10. The van der Waals surface area contributed by atoms with E-state index in [2.05, 4.69) is 156 Å². The largest absolute Gasteiger partial charge is 0.309 e. The van der Waals surface area contributed by atoms with Crippen LogP contribution in [0.2, 0.25) is 0 Å². The van der Waals surface area contributed by atoms with Gasteiger partial charge in [0.05, 0.1) is 22.4 Å². The average Bonchev–Trinajstić information content (AvgIpc) is 3.65. The normalized spacial score (nSPS) is 11.5. The van der Waals surface area contributed by atoms with Gasteiger partial charge in [0.2, 0.25) is 0 Å². The zero-order valence-corrected chi connectivity index (χ0v) is 25.8. The number of nitrogens with zero attached hydrogens (tertiary/aromatic N) is 2. The van der Waals surface area contributed by atoms with Crippen LogP contribution in [-0.4, -0.2) is 9.13 Å². The number of hydrogen-bond acceptors (Lipinski definition) is 0. The fourth-order valence-electron chi connectivity index (χ4n) is 6.50. The van der Waals surface area contributed by atoms with Crippen molar-refractivity contribution in [2.24, 2.45) is 0 Å². The predicted octanol–water partition coefficient (Wildman–Crippen LogP) is 11.6. The summed E-state index contributed by atoms with van der Waals surface area (Å²) in [7, 11) is 0. The molecule has 7 aromatic rings. The van der Waals surface area contributed by atoms with E-state index in [1.54, 1.807) is 0 Å². The van der Waals surface area contributed by atoms with Crippen LogP contribution in [0.25, 0.3) is 55.7 Å². The molecule has 0 amide bonds. The summed E-state index contributed by atoms with van der Waals surface area (Å²) in [5.74, 6) is 0. The molecule has 0 bridgehead atoms. The van der Waals surface area contributed by atoms with Crippen molar-refractivity contribution in [2.75, 3.05) is 0 Å². The topological polar surface area (TPSA) is 9.86 Å². The molecule has 44 heavy (non-hydrogen) atoms. The summed E-state index contributed by atoms with van der Waals surface area (Å²) in [4.78, 5) is 0. The Balaban J connectivity index is 1.44. The Morgan fingerprint density at radius 2 is 0.818 bits per heavy atom. The molecular formula is C42H40N2. The number of aromatic nitrogens is 2. The van der Waals surface area contributed by atoms with Gasteiger partial charge in [-0.2, -0.15) is 0 Å². The van der Waals surface area contributed by atoms with Crippen LogP contribution in [0.5, 0.6) is 0 Å². The molecule has 0 aliphatic rings. The quantitative estimate of drug-likeness (QED) is 0.154. The van der Waals surface area contributed by atoms with Gasteiger partial charge in [-0.1, -0.05) is 112 Å². The molecule has 2 aromatic heterocycles. The fourth-order valence-corrected chi connectivity index (χ4v) is 6.50. The Morgan fingerprint density at radius 1 is 0.432 bits per heavy atom. The van der Waals surface area contributed by atoms with E-state index >= 15 is 0 Å². The summed E-state index contributed by atoms with van der Waals surface area (Å²) in [5.41, 5.74) is 12.5. The zero-order valence-electron chi connectivity index (χ0n) is 25.8. The van der Waals surface area contributed by atoms with Gasteiger partial charge in [0.15, 0.2) is 0 Å². The van der Waals surface area contributed by atoms with Crippen molar-refractivity contribution in [3.05, 3.63) is 145 Å². The molecule has 0 saturated heterocycles. The molecule has 2 heterocycles. The highest BCUT2D eigenvalue weighted by molar-refractivity contribution is 6.02. The predicted molar refractivity (Wildman–Crippen MR) is 188 cm³/mol. The lowest BCUT2D eigenvalue weighted by Gasteiger charge is -2.13. The maximum Gasteiger partial charge on any atom is 0.0542 e. The molecule has 0 radical (unpaired) electrons. The molecular weight excluding hydrogens is 532 g/mol. The van der Waals surface area contributed by atoms with Gasteiger partial charge in [-0.05, 0) is 96.5 Å². The number of benzene rings is 5. The van der Waals surface area contributed by atoms with Crippen molar-refractivity contribution in [3.63, 3.8) is 0 Å². The van der Waals surface area contributed by atoms with Gasteiger partial charge in [0, 0.05) is 22.1 Å². The summed E-state index contributed by atoms with van der Waals surface area (Å²) >= 11 is 0. The summed E-state index contributed by atoms with van der Waals surface area (Å²) < 4.78 is 4.88. The molecule has 7 rings (SSSR count). The highest BCUT2D eigenvalue weighted by atomic mass is 15.0. The summed E-state index contributed by atoms with van der Waals surface area (Å²) in [6.07, 6.45) is 7.13. The van der Waals surface area contributed by atoms with Crippen molar-refractivity contribution in [1.82, 2.24) is 9.13 Å². The van der Waals surface area contributed by atoms with E-state index in [9.17, 15) is 0 Å². The van der Waals surface area contributed by atoms with Crippen LogP contribution in [0.15, 0.2) is 133 Å². The first kappa shape index (κ1) is 28.0. The van der Waals surface area contributed by atoms with Crippen molar-refractivity contribution in [1.29, 1.82) is 0 Å². The molecule has 0 aliphatic carbocycles. The second-order valence-electron chi connectivity index (χ2n) is 12.0. The Hall–Kier alpha value is -4.82. The first-order chi connectivity index (χ1) is 21.7. The van der Waals surface area contributed by atoms with Crippen LogP contribution in [0.4, 0.5) is 0 Å². The molecule has 2 heteroatoms. The van der Waals surface area contributed by atoms with E-state index < -0.39 is 0 Å². The number of unbranched alkanes of at least 4 members (excludes halogenated alkanes) is 2. The van der Waals surface area contributed by atoms with E-state index in [4.69, 9.17) is 0 Å². The number of fused-ring (bicyclic) bond motifs is 2. The molecule has 2 nitrogen and oxygen atoms in total. The molecule has 0 N–H and O–H groups in total.